The molecule has 0 aliphatic heterocycles. The number of para-hydroxylation sites is 1. The molecule has 1 N–H and O–H groups in total. The second-order valence-corrected chi connectivity index (χ2v) is 5.95. The number of rotatable bonds is 6. The smallest absolute Gasteiger partial charge is 0.226 e. The molecule has 0 spiro atoms. The van der Waals surface area contributed by atoms with Crippen molar-refractivity contribution in [1.29, 1.82) is 0 Å². The predicted octanol–water partition coefficient (Wildman–Crippen LogP) is 3.89. The molecule has 1 aliphatic carbocycles. The number of nitrogens with one attached hydrogen (secondary N) is 1. The topological polar surface area (TPSA) is 56.3 Å². The molecule has 0 radical (unpaired) electrons. The van der Waals surface area contributed by atoms with Crippen LogP contribution in [0.15, 0.2) is 42.6 Å². The van der Waals surface area contributed by atoms with Crippen molar-refractivity contribution in [2.24, 2.45) is 5.92 Å². The molecular formula is C18H23N3O2. The molecule has 0 atom stereocenters. The molecule has 0 unspecified atom stereocenters. The van der Waals surface area contributed by atoms with Gasteiger partial charge in [0, 0.05) is 32.0 Å². The fourth-order valence-electron chi connectivity index (χ4n) is 2.97. The normalized spacial score (nSPS) is 20.9. The van der Waals surface area contributed by atoms with Crippen molar-refractivity contribution >= 4 is 5.95 Å². The summed E-state index contributed by atoms with van der Waals surface area (Å²) in [6.07, 6.45) is 6.35. The molecule has 5 heteroatoms. The number of methoxy groups -OCH3 is 1. The van der Waals surface area contributed by atoms with E-state index in [-0.39, 0.29) is 0 Å². The van der Waals surface area contributed by atoms with Gasteiger partial charge in [-0.2, -0.15) is 4.98 Å². The molecule has 1 aliphatic rings. The zero-order valence-electron chi connectivity index (χ0n) is 13.4. The van der Waals surface area contributed by atoms with Crippen LogP contribution < -0.4 is 10.1 Å². The highest BCUT2D eigenvalue weighted by Gasteiger charge is 2.21. The summed E-state index contributed by atoms with van der Waals surface area (Å²) in [6, 6.07) is 11.9. The Bertz CT molecular complexity index is 598. The maximum absolute atomic E-state index is 5.75. The molecule has 2 aromatic rings. The molecule has 0 saturated heterocycles. The Hall–Kier alpha value is -2.14. The molecule has 1 fully saturated rings. The number of benzene rings is 1. The zero-order valence-corrected chi connectivity index (χ0v) is 13.4. The summed E-state index contributed by atoms with van der Waals surface area (Å²) in [5.74, 6) is 2.65. The monoisotopic (exact) mass is 313 g/mol. The number of aromatic nitrogens is 2. The van der Waals surface area contributed by atoms with Gasteiger partial charge >= 0.3 is 0 Å². The van der Waals surface area contributed by atoms with Crippen LogP contribution in [0.3, 0.4) is 0 Å². The number of hydrogen-bond donors (Lipinski definition) is 1. The van der Waals surface area contributed by atoms with Gasteiger partial charge in [0.2, 0.25) is 11.8 Å². The largest absolute Gasteiger partial charge is 0.439 e. The van der Waals surface area contributed by atoms with E-state index in [1.54, 1.807) is 19.4 Å². The highest BCUT2D eigenvalue weighted by molar-refractivity contribution is 5.32. The molecule has 1 aromatic carbocycles. The summed E-state index contributed by atoms with van der Waals surface area (Å²) in [6.45, 7) is 0.865. The molecule has 23 heavy (non-hydrogen) atoms. The molecule has 0 amide bonds. The van der Waals surface area contributed by atoms with E-state index in [0.717, 1.165) is 25.2 Å². The van der Waals surface area contributed by atoms with Crippen molar-refractivity contribution in [3.63, 3.8) is 0 Å². The van der Waals surface area contributed by atoms with Crippen LogP contribution in [0.2, 0.25) is 0 Å². The van der Waals surface area contributed by atoms with E-state index < -0.39 is 0 Å². The van der Waals surface area contributed by atoms with Crippen LogP contribution in [0.5, 0.6) is 11.6 Å². The van der Waals surface area contributed by atoms with Crippen molar-refractivity contribution in [3.8, 4) is 11.6 Å². The molecule has 122 valence electrons. The van der Waals surface area contributed by atoms with Gasteiger partial charge in [0.15, 0.2) is 0 Å². The first-order valence-corrected chi connectivity index (χ1v) is 8.15. The third-order valence-corrected chi connectivity index (χ3v) is 4.18. The lowest BCUT2D eigenvalue weighted by atomic mass is 9.86. The fraction of sp³-hybridized carbons (Fsp3) is 0.444. The maximum Gasteiger partial charge on any atom is 0.226 e. The number of anilines is 1. The minimum Gasteiger partial charge on any atom is -0.439 e. The van der Waals surface area contributed by atoms with Crippen molar-refractivity contribution in [2.75, 3.05) is 19.0 Å². The van der Waals surface area contributed by atoms with Crippen LogP contribution in [0, 0.1) is 5.92 Å². The van der Waals surface area contributed by atoms with Gasteiger partial charge in [-0.05, 0) is 43.7 Å². The van der Waals surface area contributed by atoms with E-state index in [1.165, 1.54) is 12.8 Å². The summed E-state index contributed by atoms with van der Waals surface area (Å²) in [7, 11) is 1.77. The Labute approximate surface area is 137 Å². The summed E-state index contributed by atoms with van der Waals surface area (Å²) >= 11 is 0. The standard InChI is InChI=1S/C18H23N3O2/c1-22-13-14-7-9-15(10-8-14)20-18-19-12-11-17(21-18)23-16-5-3-2-4-6-16/h2-6,11-12,14-15H,7-10,13H2,1H3,(H,19,20,21). The van der Waals surface area contributed by atoms with E-state index in [0.29, 0.717) is 23.8 Å². The maximum atomic E-state index is 5.75. The van der Waals surface area contributed by atoms with Gasteiger partial charge in [0.25, 0.3) is 0 Å². The Balaban J connectivity index is 1.56. The lowest BCUT2D eigenvalue weighted by Crippen LogP contribution is -2.28. The summed E-state index contributed by atoms with van der Waals surface area (Å²) in [4.78, 5) is 8.75. The highest BCUT2D eigenvalue weighted by atomic mass is 16.5. The van der Waals surface area contributed by atoms with Gasteiger partial charge in [-0.1, -0.05) is 18.2 Å². The lowest BCUT2D eigenvalue weighted by molar-refractivity contribution is 0.129. The third-order valence-electron chi connectivity index (χ3n) is 4.18. The van der Waals surface area contributed by atoms with Crippen LogP contribution in [-0.4, -0.2) is 29.7 Å². The third kappa shape index (κ3) is 4.66. The van der Waals surface area contributed by atoms with E-state index in [2.05, 4.69) is 15.3 Å². The van der Waals surface area contributed by atoms with Crippen molar-refractivity contribution < 1.29 is 9.47 Å². The first kappa shape index (κ1) is 15.7. The number of hydrogen-bond acceptors (Lipinski definition) is 5. The first-order chi connectivity index (χ1) is 11.3. The van der Waals surface area contributed by atoms with E-state index in [4.69, 9.17) is 9.47 Å². The van der Waals surface area contributed by atoms with Crippen molar-refractivity contribution in [1.82, 2.24) is 9.97 Å². The van der Waals surface area contributed by atoms with Gasteiger partial charge in [-0.25, -0.2) is 4.98 Å². The van der Waals surface area contributed by atoms with E-state index >= 15 is 0 Å². The first-order valence-electron chi connectivity index (χ1n) is 8.15. The van der Waals surface area contributed by atoms with Crippen LogP contribution >= 0.6 is 0 Å². The second kappa shape index (κ2) is 7.92. The van der Waals surface area contributed by atoms with Gasteiger partial charge in [-0.3, -0.25) is 0 Å². The average Bonchev–Trinajstić information content (AvgIpc) is 2.58. The number of ether oxygens (including phenoxy) is 2. The van der Waals surface area contributed by atoms with Crippen LogP contribution in [0.25, 0.3) is 0 Å². The van der Waals surface area contributed by atoms with Crippen LogP contribution in [-0.2, 0) is 4.74 Å². The Kier molecular flexibility index (Phi) is 5.42. The molecule has 3 rings (SSSR count). The predicted molar refractivity (Wildman–Crippen MR) is 89.8 cm³/mol. The van der Waals surface area contributed by atoms with Gasteiger partial charge in [-0.15, -0.1) is 0 Å². The number of nitrogens with zero attached hydrogens (tertiary/aromatic N) is 2. The zero-order chi connectivity index (χ0) is 15.9. The van der Waals surface area contributed by atoms with Crippen molar-refractivity contribution in [3.05, 3.63) is 42.6 Å². The molecule has 5 nitrogen and oxygen atoms in total. The van der Waals surface area contributed by atoms with Gasteiger partial charge < -0.3 is 14.8 Å². The lowest BCUT2D eigenvalue weighted by Gasteiger charge is -2.28. The molecule has 1 saturated carbocycles. The van der Waals surface area contributed by atoms with E-state index in [9.17, 15) is 0 Å². The van der Waals surface area contributed by atoms with E-state index in [1.807, 2.05) is 30.3 Å². The van der Waals surface area contributed by atoms with Crippen LogP contribution in [0.1, 0.15) is 25.7 Å². The molecule has 1 heterocycles. The fourth-order valence-corrected chi connectivity index (χ4v) is 2.97. The van der Waals surface area contributed by atoms with Crippen molar-refractivity contribution in [2.45, 2.75) is 31.7 Å². The Morgan fingerprint density at radius 2 is 1.87 bits per heavy atom. The molecule has 1 aromatic heterocycles. The van der Waals surface area contributed by atoms with Gasteiger partial charge in [0.05, 0.1) is 0 Å². The minimum absolute atomic E-state index is 0.426. The summed E-state index contributed by atoms with van der Waals surface area (Å²) in [5, 5.41) is 3.43. The molecule has 0 bridgehead atoms. The SMILES string of the molecule is COCC1CCC(Nc2nccc(Oc3ccccc3)n2)CC1. The minimum atomic E-state index is 0.426. The molecular weight excluding hydrogens is 290 g/mol. The summed E-state index contributed by atoms with van der Waals surface area (Å²) < 4.78 is 11.0. The Morgan fingerprint density at radius 3 is 2.61 bits per heavy atom. The Morgan fingerprint density at radius 1 is 1.09 bits per heavy atom. The quantitative estimate of drug-likeness (QED) is 0.877. The summed E-state index contributed by atoms with van der Waals surface area (Å²) in [5.41, 5.74) is 0. The average molecular weight is 313 g/mol. The van der Waals surface area contributed by atoms with Crippen LogP contribution in [0.4, 0.5) is 5.95 Å². The van der Waals surface area contributed by atoms with Gasteiger partial charge in [0.1, 0.15) is 5.75 Å². The highest BCUT2D eigenvalue weighted by Crippen LogP contribution is 2.26. The second-order valence-electron chi connectivity index (χ2n) is 5.95.